The van der Waals surface area contributed by atoms with Crippen molar-refractivity contribution in [1.82, 2.24) is 14.9 Å². The summed E-state index contributed by atoms with van der Waals surface area (Å²) >= 11 is 0. The van der Waals surface area contributed by atoms with Gasteiger partial charge in [0.1, 0.15) is 23.8 Å². The summed E-state index contributed by atoms with van der Waals surface area (Å²) in [7, 11) is 1.70. The van der Waals surface area contributed by atoms with Crippen molar-refractivity contribution < 1.29 is 19.0 Å². The summed E-state index contributed by atoms with van der Waals surface area (Å²) in [6.07, 6.45) is 8.64. The van der Waals surface area contributed by atoms with Crippen LogP contribution in [0.1, 0.15) is 79.4 Å². The van der Waals surface area contributed by atoms with E-state index in [4.69, 9.17) is 9.72 Å². The summed E-state index contributed by atoms with van der Waals surface area (Å²) in [6.45, 7) is 2.01. The number of aromatic nitrogens is 2. The highest BCUT2D eigenvalue weighted by atomic mass is 19.1. The fourth-order valence-electron chi connectivity index (χ4n) is 5.84. The van der Waals surface area contributed by atoms with Gasteiger partial charge in [-0.2, -0.15) is 0 Å². The number of hydrogen-bond acceptors (Lipinski definition) is 6. The summed E-state index contributed by atoms with van der Waals surface area (Å²) in [4.78, 5) is 23.5. The van der Waals surface area contributed by atoms with Crippen LogP contribution in [0, 0.1) is 5.92 Å². The summed E-state index contributed by atoms with van der Waals surface area (Å²) < 4.78 is 20.8. The van der Waals surface area contributed by atoms with Crippen molar-refractivity contribution >= 4 is 11.8 Å². The van der Waals surface area contributed by atoms with Gasteiger partial charge in [-0.05, 0) is 64.0 Å². The molecule has 1 saturated heterocycles. The number of nitrogens with one attached hydrogen (secondary N) is 1. The zero-order chi connectivity index (χ0) is 25.1. The van der Waals surface area contributed by atoms with Crippen molar-refractivity contribution in [1.29, 1.82) is 0 Å². The molecule has 2 fully saturated rings. The number of unbranched alkanes of at least 4 members (excludes halogenated alkanes) is 1. The Morgan fingerprint density at radius 1 is 1.33 bits per heavy atom. The minimum absolute atomic E-state index is 0.126. The number of carboxylic acid groups (broad SMARTS) is 1. The molecule has 194 valence electrons. The predicted octanol–water partition coefficient (Wildman–Crippen LogP) is 4.92. The number of aryl methyl sites for hydroxylation is 1. The van der Waals surface area contributed by atoms with Crippen molar-refractivity contribution in [3.05, 3.63) is 46.9 Å². The molecule has 0 radical (unpaired) electrons. The van der Waals surface area contributed by atoms with Crippen LogP contribution >= 0.6 is 0 Å². The molecule has 2 N–H and O–H groups in total. The number of anilines is 1. The van der Waals surface area contributed by atoms with Crippen LogP contribution < -0.4 is 10.1 Å². The minimum atomic E-state index is -0.922. The van der Waals surface area contributed by atoms with Gasteiger partial charge >= 0.3 is 5.97 Å². The number of likely N-dealkylation sites (tertiary alicyclic amines) is 1. The predicted molar refractivity (Wildman–Crippen MR) is 136 cm³/mol. The molecule has 1 saturated carbocycles. The van der Waals surface area contributed by atoms with Crippen LogP contribution in [-0.2, 0) is 17.6 Å². The van der Waals surface area contributed by atoms with E-state index < -0.39 is 18.2 Å². The molecule has 2 aromatic heterocycles. The monoisotopic (exact) mass is 496 g/mol. The smallest absolute Gasteiger partial charge is 0.325 e. The van der Waals surface area contributed by atoms with Crippen LogP contribution in [0.4, 0.5) is 10.2 Å². The number of aliphatic carboxylic acids is 1. The SMILES string of the molecule is COc1cc(CCCCC(F)[C@@H]2CCN([C@H](C(=O)O)c3cccnc3C3CC3)C2)nc2c1CCCN2. The van der Waals surface area contributed by atoms with E-state index >= 15 is 4.39 Å². The molecule has 3 aliphatic rings. The molecular weight excluding hydrogens is 459 g/mol. The average molecular weight is 497 g/mol. The molecule has 1 aliphatic carbocycles. The number of fused-ring (bicyclic) bond motifs is 1. The number of nitrogens with zero attached hydrogens (tertiary/aromatic N) is 3. The van der Waals surface area contributed by atoms with Crippen LogP contribution in [-0.4, -0.2) is 58.9 Å². The van der Waals surface area contributed by atoms with Crippen LogP contribution in [0.2, 0.25) is 0 Å². The second kappa shape index (κ2) is 11.1. The highest BCUT2D eigenvalue weighted by Gasteiger charge is 2.39. The van der Waals surface area contributed by atoms with Crippen molar-refractivity contribution in [2.24, 2.45) is 5.92 Å². The number of halogens is 1. The number of hydrogen-bond donors (Lipinski definition) is 2. The van der Waals surface area contributed by atoms with Crippen LogP contribution in [0.3, 0.4) is 0 Å². The van der Waals surface area contributed by atoms with Crippen molar-refractivity contribution in [2.75, 3.05) is 32.1 Å². The van der Waals surface area contributed by atoms with Crippen LogP contribution in [0.5, 0.6) is 5.75 Å². The van der Waals surface area contributed by atoms with Crippen molar-refractivity contribution in [3.8, 4) is 5.75 Å². The molecule has 8 heteroatoms. The maximum atomic E-state index is 15.2. The Kier molecular flexibility index (Phi) is 7.70. The first-order valence-corrected chi connectivity index (χ1v) is 13.4. The second-order valence-electron chi connectivity index (χ2n) is 10.5. The fraction of sp³-hybridized carbons (Fsp3) is 0.607. The van der Waals surface area contributed by atoms with Gasteiger partial charge in [0, 0.05) is 59.7 Å². The van der Waals surface area contributed by atoms with Crippen LogP contribution in [0.25, 0.3) is 0 Å². The number of alkyl halides is 1. The summed E-state index contributed by atoms with van der Waals surface area (Å²) in [5, 5.41) is 13.4. The lowest BCUT2D eigenvalue weighted by Crippen LogP contribution is -2.34. The van der Waals surface area contributed by atoms with E-state index in [1.54, 1.807) is 13.3 Å². The van der Waals surface area contributed by atoms with Gasteiger partial charge in [0.25, 0.3) is 0 Å². The zero-order valence-electron chi connectivity index (χ0n) is 21.1. The first kappa shape index (κ1) is 24.9. The maximum Gasteiger partial charge on any atom is 0.325 e. The molecule has 3 atom stereocenters. The van der Waals surface area contributed by atoms with Gasteiger partial charge in [-0.3, -0.25) is 14.7 Å². The Balaban J connectivity index is 1.13. The molecule has 5 rings (SSSR count). The Bertz CT molecular complexity index is 1060. The lowest BCUT2D eigenvalue weighted by molar-refractivity contribution is -0.143. The van der Waals surface area contributed by atoms with E-state index in [1.165, 1.54) is 0 Å². The number of carboxylic acids is 1. The molecule has 36 heavy (non-hydrogen) atoms. The third-order valence-corrected chi connectivity index (χ3v) is 7.91. The molecule has 2 aromatic rings. The van der Waals surface area contributed by atoms with Crippen LogP contribution in [0.15, 0.2) is 24.4 Å². The lowest BCUT2D eigenvalue weighted by atomic mass is 9.97. The Hall–Kier alpha value is -2.74. The molecule has 4 heterocycles. The molecule has 0 aromatic carbocycles. The third-order valence-electron chi connectivity index (χ3n) is 7.91. The number of rotatable bonds is 11. The molecule has 7 nitrogen and oxygen atoms in total. The largest absolute Gasteiger partial charge is 0.496 e. The van der Waals surface area contributed by atoms with E-state index in [-0.39, 0.29) is 5.92 Å². The van der Waals surface area contributed by atoms with Gasteiger partial charge in [0.15, 0.2) is 0 Å². The van der Waals surface area contributed by atoms with E-state index in [0.717, 1.165) is 85.6 Å². The zero-order valence-corrected chi connectivity index (χ0v) is 21.1. The van der Waals surface area contributed by atoms with Gasteiger partial charge in [-0.25, -0.2) is 9.37 Å². The minimum Gasteiger partial charge on any atom is -0.496 e. The molecular formula is C28H37FN4O3. The maximum absolute atomic E-state index is 15.2. The molecule has 0 amide bonds. The number of carbonyl (C=O) groups is 1. The number of methoxy groups -OCH3 is 1. The second-order valence-corrected chi connectivity index (χ2v) is 10.5. The van der Waals surface area contributed by atoms with Gasteiger partial charge in [0.2, 0.25) is 0 Å². The van der Waals surface area contributed by atoms with Gasteiger partial charge in [-0.1, -0.05) is 12.5 Å². The molecule has 0 bridgehead atoms. The van der Waals surface area contributed by atoms with Gasteiger partial charge in [0.05, 0.1) is 7.11 Å². The highest BCUT2D eigenvalue weighted by Crippen LogP contribution is 2.43. The Morgan fingerprint density at radius 2 is 2.19 bits per heavy atom. The Morgan fingerprint density at radius 3 is 2.97 bits per heavy atom. The molecule has 0 spiro atoms. The van der Waals surface area contributed by atoms with E-state index in [1.807, 2.05) is 23.1 Å². The quantitative estimate of drug-likeness (QED) is 0.427. The van der Waals surface area contributed by atoms with Crippen molar-refractivity contribution in [2.45, 2.75) is 75.9 Å². The first-order valence-electron chi connectivity index (χ1n) is 13.4. The molecule has 1 unspecified atom stereocenters. The molecule has 2 aliphatic heterocycles. The Labute approximate surface area is 212 Å². The fourth-order valence-corrected chi connectivity index (χ4v) is 5.84. The number of pyridine rings is 2. The van der Waals surface area contributed by atoms with Gasteiger partial charge in [-0.15, -0.1) is 0 Å². The van der Waals surface area contributed by atoms with Gasteiger partial charge < -0.3 is 15.2 Å². The topological polar surface area (TPSA) is 87.6 Å². The standard InChI is InChI=1S/C28H37FN4O3/c1-36-24-16-20(32-27-21(24)7-4-14-31-27)6-2-3-9-23(29)19-12-15-33(17-19)26(28(34)35)22-8-5-13-30-25(22)18-10-11-18/h5,8,13,16,18-19,23,26H,2-4,6-7,9-12,14-15,17H2,1H3,(H,31,32)(H,34,35)/t19-,23?,26+/m1/s1. The highest BCUT2D eigenvalue weighted by molar-refractivity contribution is 5.76. The van der Waals surface area contributed by atoms with E-state index in [9.17, 15) is 9.90 Å². The number of ether oxygens (including phenoxy) is 1. The van der Waals surface area contributed by atoms with Crippen molar-refractivity contribution in [3.63, 3.8) is 0 Å². The average Bonchev–Trinajstić information content (AvgIpc) is 3.63. The normalized spacial score (nSPS) is 21.4. The summed E-state index contributed by atoms with van der Waals surface area (Å²) in [5.74, 6) is 1.19. The summed E-state index contributed by atoms with van der Waals surface area (Å²) in [6, 6.07) is 4.98. The lowest BCUT2D eigenvalue weighted by Gasteiger charge is -2.26. The summed E-state index contributed by atoms with van der Waals surface area (Å²) in [5.41, 5.74) is 3.82. The van der Waals surface area contributed by atoms with E-state index in [0.29, 0.717) is 31.8 Å². The van der Waals surface area contributed by atoms with E-state index in [2.05, 4.69) is 10.3 Å². The first-order chi connectivity index (χ1) is 17.5. The third kappa shape index (κ3) is 5.48.